The molecule has 1 heterocycles. The molecule has 0 aliphatic carbocycles. The second kappa shape index (κ2) is 6.58. The van der Waals surface area contributed by atoms with Crippen LogP contribution in [-0.2, 0) is 11.2 Å². The molecule has 0 fully saturated rings. The van der Waals surface area contributed by atoms with Crippen molar-refractivity contribution in [3.63, 3.8) is 0 Å². The average Bonchev–Trinajstić information content (AvgIpc) is 2.86. The van der Waals surface area contributed by atoms with Crippen molar-refractivity contribution in [2.45, 2.75) is 20.3 Å². The van der Waals surface area contributed by atoms with E-state index in [0.717, 1.165) is 17.1 Å². The Hall–Kier alpha value is -3.08. The van der Waals surface area contributed by atoms with Crippen molar-refractivity contribution in [1.82, 2.24) is 9.78 Å². The van der Waals surface area contributed by atoms with Crippen LogP contribution in [0.4, 0.5) is 5.69 Å². The number of hydrogen-bond donors (Lipinski definition) is 2. The first kappa shape index (κ1) is 15.8. The van der Waals surface area contributed by atoms with Crippen LogP contribution >= 0.6 is 0 Å². The standard InChI is InChI=1S/C19H19N3O2/c1-13-19(14(2)22(21-13)16-9-4-3-5-10-16)20-18(24)12-15-8-6-7-11-17(15)23/h3-11,23H,12H2,1-2H3,(H,20,24). The zero-order valence-corrected chi connectivity index (χ0v) is 13.7. The van der Waals surface area contributed by atoms with Crippen LogP contribution < -0.4 is 5.32 Å². The lowest BCUT2D eigenvalue weighted by atomic mass is 10.1. The Kier molecular flexibility index (Phi) is 4.33. The van der Waals surface area contributed by atoms with Crippen LogP contribution in [0.5, 0.6) is 5.75 Å². The van der Waals surface area contributed by atoms with Gasteiger partial charge in [-0.3, -0.25) is 4.79 Å². The first-order valence-corrected chi connectivity index (χ1v) is 7.74. The number of nitrogens with one attached hydrogen (secondary N) is 1. The molecule has 0 saturated heterocycles. The van der Waals surface area contributed by atoms with Gasteiger partial charge < -0.3 is 10.4 Å². The zero-order chi connectivity index (χ0) is 17.1. The van der Waals surface area contributed by atoms with E-state index in [-0.39, 0.29) is 18.1 Å². The fourth-order valence-electron chi connectivity index (χ4n) is 2.66. The van der Waals surface area contributed by atoms with E-state index in [4.69, 9.17) is 0 Å². The minimum atomic E-state index is -0.185. The number of phenols is 1. The van der Waals surface area contributed by atoms with Gasteiger partial charge in [0.1, 0.15) is 5.75 Å². The summed E-state index contributed by atoms with van der Waals surface area (Å²) in [6.45, 7) is 3.78. The summed E-state index contributed by atoms with van der Waals surface area (Å²) >= 11 is 0. The summed E-state index contributed by atoms with van der Waals surface area (Å²) in [6.07, 6.45) is 0.113. The molecular weight excluding hydrogens is 302 g/mol. The highest BCUT2D eigenvalue weighted by molar-refractivity contribution is 5.93. The summed E-state index contributed by atoms with van der Waals surface area (Å²) < 4.78 is 1.81. The maximum Gasteiger partial charge on any atom is 0.229 e. The number of nitrogens with zero attached hydrogens (tertiary/aromatic N) is 2. The van der Waals surface area contributed by atoms with E-state index in [0.29, 0.717) is 11.3 Å². The molecule has 0 spiro atoms. The Morgan fingerprint density at radius 2 is 1.75 bits per heavy atom. The number of carbonyl (C=O) groups excluding carboxylic acids is 1. The summed E-state index contributed by atoms with van der Waals surface area (Å²) in [5, 5.41) is 17.2. The average molecular weight is 321 g/mol. The van der Waals surface area contributed by atoms with E-state index < -0.39 is 0 Å². The molecule has 2 N–H and O–H groups in total. The molecule has 0 atom stereocenters. The van der Waals surface area contributed by atoms with Gasteiger partial charge in [-0.15, -0.1) is 0 Å². The Morgan fingerprint density at radius 3 is 2.46 bits per heavy atom. The SMILES string of the molecule is Cc1nn(-c2ccccc2)c(C)c1NC(=O)Cc1ccccc1O. The first-order valence-electron chi connectivity index (χ1n) is 7.74. The normalized spacial score (nSPS) is 10.6. The number of amides is 1. The second-order valence-electron chi connectivity index (χ2n) is 5.65. The molecule has 0 aliphatic heterocycles. The Morgan fingerprint density at radius 1 is 1.08 bits per heavy atom. The number of para-hydroxylation sites is 2. The predicted octanol–water partition coefficient (Wildman–Crippen LogP) is 3.38. The van der Waals surface area contributed by atoms with E-state index in [1.807, 2.05) is 48.9 Å². The summed E-state index contributed by atoms with van der Waals surface area (Å²) in [5.74, 6) is -0.0589. The van der Waals surface area contributed by atoms with E-state index in [1.54, 1.807) is 24.3 Å². The highest BCUT2D eigenvalue weighted by atomic mass is 16.3. The van der Waals surface area contributed by atoms with Crippen molar-refractivity contribution < 1.29 is 9.90 Å². The van der Waals surface area contributed by atoms with Crippen LogP contribution in [0.15, 0.2) is 54.6 Å². The molecule has 24 heavy (non-hydrogen) atoms. The van der Waals surface area contributed by atoms with E-state index in [1.165, 1.54) is 0 Å². The van der Waals surface area contributed by atoms with Crippen LogP contribution in [0.1, 0.15) is 17.0 Å². The summed E-state index contributed by atoms with van der Waals surface area (Å²) in [6, 6.07) is 16.6. The second-order valence-corrected chi connectivity index (χ2v) is 5.65. The highest BCUT2D eigenvalue weighted by Gasteiger charge is 2.16. The maximum atomic E-state index is 12.3. The van der Waals surface area contributed by atoms with Gasteiger partial charge in [-0.1, -0.05) is 36.4 Å². The van der Waals surface area contributed by atoms with Gasteiger partial charge in [-0.25, -0.2) is 4.68 Å². The zero-order valence-electron chi connectivity index (χ0n) is 13.7. The van der Waals surface area contributed by atoms with Crippen LogP contribution in [0.3, 0.4) is 0 Å². The smallest absolute Gasteiger partial charge is 0.229 e. The van der Waals surface area contributed by atoms with Crippen molar-refractivity contribution in [2.24, 2.45) is 0 Å². The lowest BCUT2D eigenvalue weighted by Gasteiger charge is -2.08. The molecular formula is C19H19N3O2. The molecule has 1 amide bonds. The molecule has 0 unspecified atom stereocenters. The number of hydrogen-bond acceptors (Lipinski definition) is 3. The molecule has 0 bridgehead atoms. The van der Waals surface area contributed by atoms with Gasteiger partial charge in [0.05, 0.1) is 29.2 Å². The van der Waals surface area contributed by atoms with Crippen molar-refractivity contribution in [1.29, 1.82) is 0 Å². The minimum absolute atomic E-state index is 0.113. The number of aromatic nitrogens is 2. The van der Waals surface area contributed by atoms with E-state index >= 15 is 0 Å². The Labute approximate surface area is 140 Å². The molecule has 122 valence electrons. The van der Waals surface area contributed by atoms with Crippen molar-refractivity contribution in [2.75, 3.05) is 5.32 Å². The van der Waals surface area contributed by atoms with Gasteiger partial charge >= 0.3 is 0 Å². The minimum Gasteiger partial charge on any atom is -0.508 e. The largest absolute Gasteiger partial charge is 0.508 e. The molecule has 0 aliphatic rings. The molecule has 5 nitrogen and oxygen atoms in total. The maximum absolute atomic E-state index is 12.3. The van der Waals surface area contributed by atoms with Crippen molar-refractivity contribution >= 4 is 11.6 Å². The van der Waals surface area contributed by atoms with E-state index in [2.05, 4.69) is 10.4 Å². The number of aryl methyl sites for hydroxylation is 1. The number of phenolic OH excluding ortho intramolecular Hbond substituents is 1. The van der Waals surface area contributed by atoms with Crippen LogP contribution in [0.25, 0.3) is 5.69 Å². The Balaban J connectivity index is 1.82. The first-order chi connectivity index (χ1) is 11.6. The third-order valence-corrected chi connectivity index (χ3v) is 3.90. The fraction of sp³-hybridized carbons (Fsp3) is 0.158. The van der Waals surface area contributed by atoms with Gasteiger partial charge in [0, 0.05) is 5.56 Å². The predicted molar refractivity (Wildman–Crippen MR) is 93.5 cm³/mol. The molecule has 1 aromatic heterocycles. The molecule has 3 rings (SSSR count). The Bertz CT molecular complexity index is 870. The third kappa shape index (κ3) is 3.15. The quantitative estimate of drug-likeness (QED) is 0.774. The summed E-state index contributed by atoms with van der Waals surface area (Å²) in [4.78, 5) is 12.3. The lowest BCUT2D eigenvalue weighted by Crippen LogP contribution is -2.15. The number of aromatic hydroxyl groups is 1. The molecule has 0 saturated carbocycles. The third-order valence-electron chi connectivity index (χ3n) is 3.90. The van der Waals surface area contributed by atoms with Crippen molar-refractivity contribution in [3.05, 3.63) is 71.5 Å². The van der Waals surface area contributed by atoms with Gasteiger partial charge in [0.2, 0.25) is 5.91 Å². The van der Waals surface area contributed by atoms with Crippen molar-refractivity contribution in [3.8, 4) is 11.4 Å². The summed E-state index contributed by atoms with van der Waals surface area (Å²) in [5.41, 5.74) is 3.87. The number of anilines is 1. The molecule has 2 aromatic carbocycles. The lowest BCUT2D eigenvalue weighted by molar-refractivity contribution is -0.115. The van der Waals surface area contributed by atoms with Gasteiger partial charge in [-0.05, 0) is 32.0 Å². The highest BCUT2D eigenvalue weighted by Crippen LogP contribution is 2.23. The molecule has 0 radical (unpaired) electrons. The molecule has 3 aromatic rings. The van der Waals surface area contributed by atoms with E-state index in [9.17, 15) is 9.90 Å². The van der Waals surface area contributed by atoms with Crippen LogP contribution in [0, 0.1) is 13.8 Å². The number of benzene rings is 2. The van der Waals surface area contributed by atoms with Gasteiger partial charge in [0.15, 0.2) is 0 Å². The van der Waals surface area contributed by atoms with Crippen LogP contribution in [-0.4, -0.2) is 20.8 Å². The number of carbonyl (C=O) groups is 1. The molecule has 5 heteroatoms. The summed E-state index contributed by atoms with van der Waals surface area (Å²) in [7, 11) is 0. The fourth-order valence-corrected chi connectivity index (χ4v) is 2.66. The number of rotatable bonds is 4. The van der Waals surface area contributed by atoms with Crippen LogP contribution in [0.2, 0.25) is 0 Å². The topological polar surface area (TPSA) is 67.2 Å². The van der Waals surface area contributed by atoms with Gasteiger partial charge in [0.25, 0.3) is 0 Å². The monoisotopic (exact) mass is 321 g/mol. The van der Waals surface area contributed by atoms with Gasteiger partial charge in [-0.2, -0.15) is 5.10 Å².